The highest BCUT2D eigenvalue weighted by molar-refractivity contribution is 5.85. The number of nitrogens with two attached hydrogens (primary N) is 1. The molecule has 0 atom stereocenters. The number of carbonyl (C=O) groups is 1. The van der Waals surface area contributed by atoms with Gasteiger partial charge in [0.2, 0.25) is 0 Å². The molecule has 0 saturated heterocycles. The summed E-state index contributed by atoms with van der Waals surface area (Å²) >= 11 is 0. The van der Waals surface area contributed by atoms with Crippen molar-refractivity contribution in [3.63, 3.8) is 0 Å². The summed E-state index contributed by atoms with van der Waals surface area (Å²) in [7, 11) is 0. The van der Waals surface area contributed by atoms with Gasteiger partial charge in [-0.1, -0.05) is 12.1 Å². The van der Waals surface area contributed by atoms with E-state index >= 15 is 0 Å². The van der Waals surface area contributed by atoms with Crippen molar-refractivity contribution in [2.75, 3.05) is 13.2 Å². The number of carboxylic acids is 1. The Morgan fingerprint density at radius 2 is 1.94 bits per heavy atom. The van der Waals surface area contributed by atoms with Crippen molar-refractivity contribution in [3.05, 3.63) is 29.8 Å². The Kier molecular flexibility index (Phi) is 7.33. The fourth-order valence-corrected chi connectivity index (χ4v) is 1.20. The van der Waals surface area contributed by atoms with Crippen LogP contribution < -0.4 is 10.5 Å². The molecule has 0 heterocycles. The minimum absolute atomic E-state index is 0. The molecule has 4 nitrogen and oxygen atoms in total. The summed E-state index contributed by atoms with van der Waals surface area (Å²) in [4.78, 5) is 10.2. The van der Waals surface area contributed by atoms with Crippen LogP contribution in [0.15, 0.2) is 24.3 Å². The number of ether oxygens (including phenoxy) is 1. The molecule has 0 aromatic heterocycles. The van der Waals surface area contributed by atoms with Gasteiger partial charge in [-0.15, -0.1) is 12.4 Å². The summed E-state index contributed by atoms with van der Waals surface area (Å²) in [5.41, 5.74) is 6.58. The Hall–Kier alpha value is -1.26. The molecule has 0 bridgehead atoms. The summed E-state index contributed by atoms with van der Waals surface area (Å²) in [6.45, 7) is 0.374. The molecule has 16 heavy (non-hydrogen) atoms. The summed E-state index contributed by atoms with van der Waals surface area (Å²) in [6.07, 6.45) is 1.89. The molecule has 0 amide bonds. The number of hydrogen-bond donors (Lipinski definition) is 2. The number of rotatable bonds is 6. The van der Waals surface area contributed by atoms with E-state index in [0.29, 0.717) is 12.3 Å². The summed E-state index contributed by atoms with van der Waals surface area (Å²) in [5.74, 6) is -0.392. The highest BCUT2D eigenvalue weighted by Crippen LogP contribution is 2.12. The Morgan fingerprint density at radius 1 is 1.31 bits per heavy atom. The topological polar surface area (TPSA) is 72.5 Å². The second-order valence-corrected chi connectivity index (χ2v) is 3.22. The van der Waals surface area contributed by atoms with Gasteiger partial charge in [0, 0.05) is 0 Å². The van der Waals surface area contributed by atoms with Crippen molar-refractivity contribution >= 4 is 18.4 Å². The first-order chi connectivity index (χ1) is 7.22. The van der Waals surface area contributed by atoms with Crippen LogP contribution in [-0.4, -0.2) is 24.2 Å². The van der Waals surface area contributed by atoms with E-state index in [9.17, 15) is 4.79 Å². The van der Waals surface area contributed by atoms with E-state index in [4.69, 9.17) is 15.6 Å². The molecule has 0 aliphatic carbocycles. The minimum Gasteiger partial charge on any atom is -0.482 e. The molecule has 0 aliphatic rings. The highest BCUT2D eigenvalue weighted by Gasteiger charge is 1.99. The molecule has 1 aromatic carbocycles. The third-order valence-corrected chi connectivity index (χ3v) is 1.96. The predicted molar refractivity (Wildman–Crippen MR) is 64.2 cm³/mol. The zero-order valence-corrected chi connectivity index (χ0v) is 9.70. The van der Waals surface area contributed by atoms with Crippen molar-refractivity contribution in [1.82, 2.24) is 0 Å². The maximum atomic E-state index is 10.2. The third kappa shape index (κ3) is 5.58. The van der Waals surface area contributed by atoms with Crippen LogP contribution in [0.3, 0.4) is 0 Å². The molecule has 5 heteroatoms. The lowest BCUT2D eigenvalue weighted by molar-refractivity contribution is -0.139. The van der Waals surface area contributed by atoms with Gasteiger partial charge in [0.25, 0.3) is 0 Å². The molecule has 0 fully saturated rings. The lowest BCUT2D eigenvalue weighted by atomic mass is 10.1. The summed E-state index contributed by atoms with van der Waals surface area (Å²) in [5, 5.41) is 8.41. The average Bonchev–Trinajstić information content (AvgIpc) is 2.25. The SMILES string of the molecule is Cl.NCCCc1ccc(OCC(=O)O)cc1. The van der Waals surface area contributed by atoms with E-state index in [1.807, 2.05) is 12.1 Å². The van der Waals surface area contributed by atoms with E-state index in [-0.39, 0.29) is 19.0 Å². The second kappa shape index (κ2) is 7.96. The Balaban J connectivity index is 0.00000225. The fraction of sp³-hybridized carbons (Fsp3) is 0.364. The molecule has 3 N–H and O–H groups in total. The van der Waals surface area contributed by atoms with Gasteiger partial charge in [-0.05, 0) is 37.1 Å². The molecule has 1 rings (SSSR count). The number of carboxylic acid groups (broad SMARTS) is 1. The molecule has 90 valence electrons. The fourth-order valence-electron chi connectivity index (χ4n) is 1.20. The van der Waals surface area contributed by atoms with Crippen LogP contribution in [0.1, 0.15) is 12.0 Å². The normalized spacial score (nSPS) is 9.31. The summed E-state index contributed by atoms with van der Waals surface area (Å²) in [6, 6.07) is 7.39. The molecule has 0 unspecified atom stereocenters. The van der Waals surface area contributed by atoms with Gasteiger partial charge in [0.1, 0.15) is 5.75 Å². The number of hydrogen-bond acceptors (Lipinski definition) is 3. The van der Waals surface area contributed by atoms with Crippen molar-refractivity contribution < 1.29 is 14.6 Å². The van der Waals surface area contributed by atoms with Gasteiger partial charge in [-0.2, -0.15) is 0 Å². The van der Waals surface area contributed by atoms with E-state index in [1.54, 1.807) is 12.1 Å². The van der Waals surface area contributed by atoms with Gasteiger partial charge in [0.15, 0.2) is 6.61 Å². The first kappa shape index (κ1) is 14.7. The first-order valence-corrected chi connectivity index (χ1v) is 4.86. The van der Waals surface area contributed by atoms with Crippen LogP contribution in [0, 0.1) is 0 Å². The van der Waals surface area contributed by atoms with Gasteiger partial charge in [-0.25, -0.2) is 4.79 Å². The van der Waals surface area contributed by atoms with E-state index in [0.717, 1.165) is 12.8 Å². The molecule has 0 saturated carbocycles. The monoisotopic (exact) mass is 245 g/mol. The Bertz CT molecular complexity index is 314. The van der Waals surface area contributed by atoms with Crippen LogP contribution in [0.5, 0.6) is 5.75 Å². The minimum atomic E-state index is -0.970. The van der Waals surface area contributed by atoms with Crippen molar-refractivity contribution in [1.29, 1.82) is 0 Å². The van der Waals surface area contributed by atoms with Gasteiger partial charge in [-0.3, -0.25) is 0 Å². The molecule has 0 aliphatic heterocycles. The van der Waals surface area contributed by atoms with Crippen LogP contribution in [0.4, 0.5) is 0 Å². The molecule has 0 radical (unpaired) electrons. The summed E-state index contributed by atoms with van der Waals surface area (Å²) < 4.78 is 5.00. The lowest BCUT2D eigenvalue weighted by Gasteiger charge is -2.04. The van der Waals surface area contributed by atoms with E-state index in [1.165, 1.54) is 5.56 Å². The number of benzene rings is 1. The molecular formula is C11H16ClNO3. The predicted octanol–water partition coefficient (Wildman–Crippen LogP) is 1.46. The number of halogens is 1. The van der Waals surface area contributed by atoms with Crippen LogP contribution in [0.25, 0.3) is 0 Å². The smallest absolute Gasteiger partial charge is 0.341 e. The van der Waals surface area contributed by atoms with E-state index in [2.05, 4.69) is 0 Å². The van der Waals surface area contributed by atoms with Gasteiger partial charge < -0.3 is 15.6 Å². The van der Waals surface area contributed by atoms with Crippen LogP contribution in [-0.2, 0) is 11.2 Å². The van der Waals surface area contributed by atoms with Crippen LogP contribution in [0.2, 0.25) is 0 Å². The van der Waals surface area contributed by atoms with Gasteiger partial charge >= 0.3 is 5.97 Å². The maximum absolute atomic E-state index is 10.2. The number of aryl methyl sites for hydroxylation is 1. The second-order valence-electron chi connectivity index (χ2n) is 3.22. The largest absolute Gasteiger partial charge is 0.482 e. The zero-order valence-electron chi connectivity index (χ0n) is 8.89. The van der Waals surface area contributed by atoms with Crippen molar-refractivity contribution in [2.24, 2.45) is 5.73 Å². The number of aliphatic carboxylic acids is 1. The molecule has 1 aromatic rings. The molecular weight excluding hydrogens is 230 g/mol. The quantitative estimate of drug-likeness (QED) is 0.796. The highest BCUT2D eigenvalue weighted by atomic mass is 35.5. The first-order valence-electron chi connectivity index (χ1n) is 4.86. The lowest BCUT2D eigenvalue weighted by Crippen LogP contribution is -2.09. The molecule has 0 spiro atoms. The standard InChI is InChI=1S/C11H15NO3.ClH/c12-7-1-2-9-3-5-10(6-4-9)15-8-11(13)14;/h3-6H,1-2,7-8,12H2,(H,13,14);1H. The average molecular weight is 246 g/mol. The Labute approximate surface area is 101 Å². The third-order valence-electron chi connectivity index (χ3n) is 1.96. The van der Waals surface area contributed by atoms with Crippen molar-refractivity contribution in [3.8, 4) is 5.75 Å². The zero-order chi connectivity index (χ0) is 11.1. The Morgan fingerprint density at radius 3 is 2.44 bits per heavy atom. The van der Waals surface area contributed by atoms with Crippen LogP contribution >= 0.6 is 12.4 Å². The van der Waals surface area contributed by atoms with E-state index < -0.39 is 5.97 Å². The maximum Gasteiger partial charge on any atom is 0.341 e. The van der Waals surface area contributed by atoms with Crippen molar-refractivity contribution in [2.45, 2.75) is 12.8 Å². The van der Waals surface area contributed by atoms with Gasteiger partial charge in [0.05, 0.1) is 0 Å².